The molecule has 1 heterocycles. The van der Waals surface area contributed by atoms with Crippen molar-refractivity contribution in [2.45, 2.75) is 57.5 Å². The summed E-state index contributed by atoms with van der Waals surface area (Å²) in [6, 6.07) is 5.62. The third kappa shape index (κ3) is 4.03. The topological polar surface area (TPSA) is 67.4 Å². The molecule has 0 saturated heterocycles. The quantitative estimate of drug-likeness (QED) is 0.869. The van der Waals surface area contributed by atoms with E-state index in [0.29, 0.717) is 6.61 Å². The van der Waals surface area contributed by atoms with Crippen LogP contribution in [0.2, 0.25) is 0 Å². The average molecular weight is 316 g/mol. The molecule has 1 aromatic rings. The van der Waals surface area contributed by atoms with Crippen LogP contribution in [0.25, 0.3) is 0 Å². The Balaban J connectivity index is 1.49. The summed E-state index contributed by atoms with van der Waals surface area (Å²) < 4.78 is 5.46. The molecule has 1 atom stereocenters. The van der Waals surface area contributed by atoms with E-state index in [-0.39, 0.29) is 24.3 Å². The number of nitrogens with one attached hydrogen (secondary N) is 2. The Labute approximate surface area is 136 Å². The molecule has 0 aromatic heterocycles. The van der Waals surface area contributed by atoms with Crippen molar-refractivity contribution in [2.75, 3.05) is 6.61 Å². The highest BCUT2D eigenvalue weighted by Crippen LogP contribution is 2.26. The molecule has 0 unspecified atom stereocenters. The zero-order chi connectivity index (χ0) is 16.2. The molecular weight excluding hydrogens is 292 g/mol. The second-order valence-electron chi connectivity index (χ2n) is 6.50. The van der Waals surface area contributed by atoms with Gasteiger partial charge >= 0.3 is 0 Å². The third-order valence-electron chi connectivity index (χ3n) is 4.59. The first-order valence-corrected chi connectivity index (χ1v) is 8.46. The fourth-order valence-corrected chi connectivity index (χ4v) is 3.29. The fourth-order valence-electron chi connectivity index (χ4n) is 3.29. The van der Waals surface area contributed by atoms with Crippen LogP contribution in [0.15, 0.2) is 18.2 Å². The minimum Gasteiger partial charge on any atom is -0.493 e. The number of hydrogen-bond donors (Lipinski definition) is 2. The SMILES string of the molecule is C[C@@H](NC(=O)Cc1ccc2c(c1)CCO2)C(=O)NC1CCCC1. The molecule has 0 radical (unpaired) electrons. The Morgan fingerprint density at radius 3 is 2.87 bits per heavy atom. The predicted octanol–water partition coefficient (Wildman–Crippen LogP) is 1.73. The lowest BCUT2D eigenvalue weighted by Crippen LogP contribution is -2.47. The maximum Gasteiger partial charge on any atom is 0.242 e. The Hall–Kier alpha value is -2.04. The van der Waals surface area contributed by atoms with Gasteiger partial charge in [-0.3, -0.25) is 9.59 Å². The highest BCUT2D eigenvalue weighted by atomic mass is 16.5. The zero-order valence-corrected chi connectivity index (χ0v) is 13.6. The number of carbonyl (C=O) groups excluding carboxylic acids is 2. The van der Waals surface area contributed by atoms with Gasteiger partial charge < -0.3 is 15.4 Å². The van der Waals surface area contributed by atoms with Gasteiger partial charge in [-0.2, -0.15) is 0 Å². The van der Waals surface area contributed by atoms with Crippen LogP contribution in [-0.2, 0) is 22.4 Å². The maximum absolute atomic E-state index is 12.1. The predicted molar refractivity (Wildman–Crippen MR) is 87.3 cm³/mol. The molecule has 0 bridgehead atoms. The molecule has 1 saturated carbocycles. The minimum atomic E-state index is -0.499. The normalized spacial score (nSPS) is 18.1. The van der Waals surface area contributed by atoms with Crippen LogP contribution in [0.1, 0.15) is 43.7 Å². The van der Waals surface area contributed by atoms with Gasteiger partial charge in [0.1, 0.15) is 11.8 Å². The van der Waals surface area contributed by atoms with Crippen molar-refractivity contribution in [1.82, 2.24) is 10.6 Å². The molecule has 1 aliphatic carbocycles. The van der Waals surface area contributed by atoms with Gasteiger partial charge in [0.25, 0.3) is 0 Å². The summed E-state index contributed by atoms with van der Waals surface area (Å²) in [5.74, 6) is 0.698. The van der Waals surface area contributed by atoms with E-state index in [1.807, 2.05) is 18.2 Å². The Kier molecular flexibility index (Phi) is 4.84. The smallest absolute Gasteiger partial charge is 0.242 e. The number of amides is 2. The molecular formula is C18H24N2O3. The monoisotopic (exact) mass is 316 g/mol. The largest absolute Gasteiger partial charge is 0.493 e. The van der Waals surface area contributed by atoms with Gasteiger partial charge in [-0.15, -0.1) is 0 Å². The van der Waals surface area contributed by atoms with E-state index in [4.69, 9.17) is 4.74 Å². The summed E-state index contributed by atoms with van der Waals surface area (Å²) in [7, 11) is 0. The molecule has 3 rings (SSSR count). The Morgan fingerprint density at radius 1 is 1.30 bits per heavy atom. The van der Waals surface area contributed by atoms with E-state index < -0.39 is 6.04 Å². The Morgan fingerprint density at radius 2 is 2.09 bits per heavy atom. The molecule has 1 aliphatic heterocycles. The lowest BCUT2D eigenvalue weighted by molar-refractivity contribution is -0.128. The summed E-state index contributed by atoms with van der Waals surface area (Å²) in [6.07, 6.45) is 5.62. The van der Waals surface area contributed by atoms with Crippen molar-refractivity contribution in [2.24, 2.45) is 0 Å². The molecule has 0 spiro atoms. The van der Waals surface area contributed by atoms with Gasteiger partial charge in [-0.25, -0.2) is 0 Å². The van der Waals surface area contributed by atoms with Gasteiger partial charge in [-0.1, -0.05) is 25.0 Å². The number of benzene rings is 1. The van der Waals surface area contributed by atoms with E-state index in [2.05, 4.69) is 10.6 Å². The average Bonchev–Trinajstić information content (AvgIpc) is 3.17. The number of carbonyl (C=O) groups is 2. The summed E-state index contributed by atoms with van der Waals surface area (Å²) in [4.78, 5) is 24.2. The number of ether oxygens (including phenoxy) is 1. The van der Waals surface area contributed by atoms with Crippen molar-refractivity contribution < 1.29 is 14.3 Å². The van der Waals surface area contributed by atoms with E-state index in [9.17, 15) is 9.59 Å². The van der Waals surface area contributed by atoms with Crippen LogP contribution in [0.4, 0.5) is 0 Å². The first kappa shape index (κ1) is 15.8. The van der Waals surface area contributed by atoms with Crippen LogP contribution >= 0.6 is 0 Å². The second kappa shape index (κ2) is 7.02. The molecule has 2 aliphatic rings. The van der Waals surface area contributed by atoms with Crippen LogP contribution in [0.3, 0.4) is 0 Å². The molecule has 23 heavy (non-hydrogen) atoms. The number of rotatable bonds is 5. The van der Waals surface area contributed by atoms with E-state index in [1.54, 1.807) is 6.92 Å². The lowest BCUT2D eigenvalue weighted by atomic mass is 10.1. The number of fused-ring (bicyclic) bond motifs is 1. The maximum atomic E-state index is 12.1. The molecule has 5 nitrogen and oxygen atoms in total. The van der Waals surface area contributed by atoms with Gasteiger partial charge in [0, 0.05) is 12.5 Å². The standard InChI is InChI=1S/C18H24N2O3/c1-12(18(22)20-15-4-2-3-5-15)19-17(21)11-13-6-7-16-14(10-13)8-9-23-16/h6-7,10,12,15H,2-5,8-9,11H2,1H3,(H,19,21)(H,20,22)/t12-/m1/s1. The first-order chi connectivity index (χ1) is 11.1. The lowest BCUT2D eigenvalue weighted by Gasteiger charge is -2.17. The van der Waals surface area contributed by atoms with E-state index >= 15 is 0 Å². The van der Waals surface area contributed by atoms with Gasteiger partial charge in [0.15, 0.2) is 0 Å². The summed E-state index contributed by atoms with van der Waals surface area (Å²) in [5.41, 5.74) is 2.11. The Bertz CT molecular complexity index is 594. The van der Waals surface area contributed by atoms with Crippen molar-refractivity contribution in [3.05, 3.63) is 29.3 Å². The molecule has 1 fully saturated rings. The molecule has 2 N–H and O–H groups in total. The first-order valence-electron chi connectivity index (χ1n) is 8.46. The van der Waals surface area contributed by atoms with Gasteiger partial charge in [0.2, 0.25) is 11.8 Å². The van der Waals surface area contributed by atoms with Crippen LogP contribution in [0, 0.1) is 0 Å². The summed E-state index contributed by atoms with van der Waals surface area (Å²) >= 11 is 0. The summed E-state index contributed by atoms with van der Waals surface area (Å²) in [5, 5.41) is 5.80. The zero-order valence-electron chi connectivity index (χ0n) is 13.6. The molecule has 5 heteroatoms. The van der Waals surface area contributed by atoms with Crippen LogP contribution < -0.4 is 15.4 Å². The van der Waals surface area contributed by atoms with E-state index in [0.717, 1.165) is 36.1 Å². The molecule has 1 aromatic carbocycles. The minimum absolute atomic E-state index is 0.0902. The van der Waals surface area contributed by atoms with Crippen molar-refractivity contribution in [3.8, 4) is 5.75 Å². The fraction of sp³-hybridized carbons (Fsp3) is 0.556. The molecule has 2 amide bonds. The highest BCUT2D eigenvalue weighted by molar-refractivity contribution is 5.88. The van der Waals surface area contributed by atoms with Crippen LogP contribution in [-0.4, -0.2) is 30.5 Å². The highest BCUT2D eigenvalue weighted by Gasteiger charge is 2.22. The van der Waals surface area contributed by atoms with Gasteiger partial charge in [0.05, 0.1) is 13.0 Å². The van der Waals surface area contributed by atoms with Gasteiger partial charge in [-0.05, 0) is 37.0 Å². The summed E-state index contributed by atoms with van der Waals surface area (Å²) in [6.45, 7) is 2.45. The van der Waals surface area contributed by atoms with Crippen LogP contribution in [0.5, 0.6) is 5.75 Å². The van der Waals surface area contributed by atoms with Crippen molar-refractivity contribution >= 4 is 11.8 Å². The second-order valence-corrected chi connectivity index (χ2v) is 6.50. The molecule has 124 valence electrons. The van der Waals surface area contributed by atoms with E-state index in [1.165, 1.54) is 12.8 Å². The van der Waals surface area contributed by atoms with Crippen molar-refractivity contribution in [1.29, 1.82) is 0 Å². The van der Waals surface area contributed by atoms with Crippen molar-refractivity contribution in [3.63, 3.8) is 0 Å². The number of hydrogen-bond acceptors (Lipinski definition) is 3. The third-order valence-corrected chi connectivity index (χ3v) is 4.59.